The molecule has 0 unspecified atom stereocenters. The Hall–Kier alpha value is -1.32. The van der Waals surface area contributed by atoms with E-state index in [2.05, 4.69) is 0 Å². The molecular formula is C10H12O3. The Bertz CT molecular complexity index is 316. The first-order valence-electron chi connectivity index (χ1n) is 3.93. The zero-order valence-corrected chi connectivity index (χ0v) is 7.31. The maximum Gasteiger partial charge on any atom is 0.171 e. The van der Waals surface area contributed by atoms with Gasteiger partial charge in [0.15, 0.2) is 6.29 Å². The minimum Gasteiger partial charge on any atom is -0.508 e. The smallest absolute Gasteiger partial charge is 0.171 e. The van der Waals surface area contributed by atoms with Gasteiger partial charge in [0, 0.05) is 0 Å². The van der Waals surface area contributed by atoms with Crippen molar-refractivity contribution in [3.05, 3.63) is 35.4 Å². The topological polar surface area (TPSA) is 60.7 Å². The van der Waals surface area contributed by atoms with Crippen molar-refractivity contribution >= 4 is 6.08 Å². The Morgan fingerprint density at radius 3 is 2.54 bits per heavy atom. The van der Waals surface area contributed by atoms with Crippen molar-refractivity contribution < 1.29 is 15.3 Å². The number of benzene rings is 1. The lowest BCUT2D eigenvalue weighted by atomic mass is 10.1. The minimum absolute atomic E-state index is 0.238. The van der Waals surface area contributed by atoms with Crippen molar-refractivity contribution in [1.29, 1.82) is 0 Å². The van der Waals surface area contributed by atoms with Crippen molar-refractivity contribution in [3.8, 4) is 5.75 Å². The third kappa shape index (κ3) is 2.89. The summed E-state index contributed by atoms with van der Waals surface area (Å²) >= 11 is 0. The summed E-state index contributed by atoms with van der Waals surface area (Å²) in [4.78, 5) is 0. The maximum absolute atomic E-state index is 9.20. The molecule has 0 fully saturated rings. The van der Waals surface area contributed by atoms with Crippen LogP contribution in [0.4, 0.5) is 0 Å². The standard InChI is InChI=1S/C10H12O3/c1-7-6-8(2-4-9(7)11)3-5-10(12)13/h2-6,10-13H,1H3. The number of aryl methyl sites for hydroxylation is 1. The molecule has 0 heterocycles. The SMILES string of the molecule is Cc1cc(C=CC(O)O)ccc1O. The van der Waals surface area contributed by atoms with Crippen LogP contribution in [-0.2, 0) is 0 Å². The summed E-state index contributed by atoms with van der Waals surface area (Å²) in [5, 5.41) is 26.3. The zero-order valence-electron chi connectivity index (χ0n) is 7.31. The number of hydrogen-bond donors (Lipinski definition) is 3. The molecule has 0 aliphatic carbocycles. The second kappa shape index (κ2) is 4.07. The lowest BCUT2D eigenvalue weighted by Gasteiger charge is -1.99. The second-order valence-electron chi connectivity index (χ2n) is 2.82. The van der Waals surface area contributed by atoms with E-state index >= 15 is 0 Å². The van der Waals surface area contributed by atoms with Crippen LogP contribution >= 0.6 is 0 Å². The predicted octanol–water partition coefficient (Wildman–Crippen LogP) is 1.02. The fourth-order valence-corrected chi connectivity index (χ4v) is 0.980. The second-order valence-corrected chi connectivity index (χ2v) is 2.82. The summed E-state index contributed by atoms with van der Waals surface area (Å²) < 4.78 is 0. The lowest BCUT2D eigenvalue weighted by molar-refractivity contribution is 0.00304. The molecule has 1 rings (SSSR count). The average Bonchev–Trinajstić information content (AvgIpc) is 2.07. The highest BCUT2D eigenvalue weighted by molar-refractivity contribution is 5.53. The molecule has 3 heteroatoms. The van der Waals surface area contributed by atoms with Gasteiger partial charge in [-0.25, -0.2) is 0 Å². The number of aliphatic hydroxyl groups excluding tert-OH is 1. The van der Waals surface area contributed by atoms with E-state index in [0.717, 1.165) is 11.1 Å². The quantitative estimate of drug-likeness (QED) is 0.595. The molecular weight excluding hydrogens is 168 g/mol. The number of aliphatic hydroxyl groups is 2. The van der Waals surface area contributed by atoms with Crippen LogP contribution in [0.5, 0.6) is 5.75 Å². The molecule has 0 aliphatic rings. The number of phenols is 1. The van der Waals surface area contributed by atoms with Crippen molar-refractivity contribution in [3.63, 3.8) is 0 Å². The molecule has 1 aromatic carbocycles. The molecule has 0 saturated carbocycles. The number of phenolic OH excluding ortho intramolecular Hbond substituents is 1. The maximum atomic E-state index is 9.20. The van der Waals surface area contributed by atoms with Crippen LogP contribution in [0.2, 0.25) is 0 Å². The molecule has 3 N–H and O–H groups in total. The Labute approximate surface area is 76.6 Å². The van der Waals surface area contributed by atoms with Gasteiger partial charge in [-0.2, -0.15) is 0 Å². The lowest BCUT2D eigenvalue weighted by Crippen LogP contribution is -1.96. The van der Waals surface area contributed by atoms with Gasteiger partial charge < -0.3 is 15.3 Å². The van der Waals surface area contributed by atoms with Gasteiger partial charge in [-0.1, -0.05) is 12.1 Å². The molecule has 13 heavy (non-hydrogen) atoms. The normalized spacial score (nSPS) is 11.4. The minimum atomic E-state index is -1.44. The van der Waals surface area contributed by atoms with Gasteiger partial charge in [0.25, 0.3) is 0 Å². The van der Waals surface area contributed by atoms with Gasteiger partial charge in [-0.15, -0.1) is 0 Å². The van der Waals surface area contributed by atoms with Crippen molar-refractivity contribution in [2.75, 3.05) is 0 Å². The highest BCUT2D eigenvalue weighted by Gasteiger charge is 1.95. The molecule has 0 bridgehead atoms. The molecule has 0 spiro atoms. The fraction of sp³-hybridized carbons (Fsp3) is 0.200. The van der Waals surface area contributed by atoms with E-state index in [0.29, 0.717) is 0 Å². The molecule has 0 radical (unpaired) electrons. The summed E-state index contributed by atoms with van der Waals surface area (Å²) in [6, 6.07) is 5.02. The average molecular weight is 180 g/mol. The zero-order chi connectivity index (χ0) is 9.84. The summed E-state index contributed by atoms with van der Waals surface area (Å²) in [7, 11) is 0. The van der Waals surface area contributed by atoms with E-state index in [1.54, 1.807) is 31.2 Å². The number of aromatic hydroxyl groups is 1. The van der Waals surface area contributed by atoms with Crippen LogP contribution in [0, 0.1) is 6.92 Å². The summed E-state index contributed by atoms with van der Waals surface area (Å²) in [5.74, 6) is 0.238. The molecule has 1 aromatic rings. The van der Waals surface area contributed by atoms with Gasteiger partial charge >= 0.3 is 0 Å². The highest BCUT2D eigenvalue weighted by atomic mass is 16.5. The van der Waals surface area contributed by atoms with Gasteiger partial charge in [-0.3, -0.25) is 0 Å². The molecule has 0 aliphatic heterocycles. The summed E-state index contributed by atoms with van der Waals surface area (Å²) in [6.07, 6.45) is 1.40. The van der Waals surface area contributed by atoms with Gasteiger partial charge in [0.1, 0.15) is 5.75 Å². The molecule has 0 aromatic heterocycles. The molecule has 70 valence electrons. The highest BCUT2D eigenvalue weighted by Crippen LogP contribution is 2.17. The van der Waals surface area contributed by atoms with Crippen molar-refractivity contribution in [2.24, 2.45) is 0 Å². The first kappa shape index (κ1) is 9.77. The van der Waals surface area contributed by atoms with E-state index in [1.807, 2.05) is 0 Å². The van der Waals surface area contributed by atoms with Crippen LogP contribution in [0.25, 0.3) is 6.08 Å². The van der Waals surface area contributed by atoms with Crippen molar-refractivity contribution in [2.45, 2.75) is 13.2 Å². The van der Waals surface area contributed by atoms with Gasteiger partial charge in [0.2, 0.25) is 0 Å². The van der Waals surface area contributed by atoms with E-state index in [-0.39, 0.29) is 5.75 Å². The van der Waals surface area contributed by atoms with Crippen molar-refractivity contribution in [1.82, 2.24) is 0 Å². The fourth-order valence-electron chi connectivity index (χ4n) is 0.980. The van der Waals surface area contributed by atoms with E-state index in [9.17, 15) is 5.11 Å². The van der Waals surface area contributed by atoms with Crippen LogP contribution in [0.1, 0.15) is 11.1 Å². The van der Waals surface area contributed by atoms with Gasteiger partial charge in [-0.05, 0) is 36.3 Å². The summed E-state index contributed by atoms with van der Waals surface area (Å²) in [6.45, 7) is 1.78. The Morgan fingerprint density at radius 2 is 2.00 bits per heavy atom. The molecule has 0 amide bonds. The van der Waals surface area contributed by atoms with Gasteiger partial charge in [0.05, 0.1) is 0 Å². The molecule has 3 nitrogen and oxygen atoms in total. The van der Waals surface area contributed by atoms with E-state index < -0.39 is 6.29 Å². The van der Waals surface area contributed by atoms with Crippen LogP contribution in [-0.4, -0.2) is 21.6 Å². The predicted molar refractivity (Wildman–Crippen MR) is 50.1 cm³/mol. The van der Waals surface area contributed by atoms with Crippen LogP contribution in [0.3, 0.4) is 0 Å². The number of hydrogen-bond acceptors (Lipinski definition) is 3. The Balaban J connectivity index is 2.85. The molecule has 0 saturated heterocycles. The van der Waals surface area contributed by atoms with E-state index in [1.165, 1.54) is 6.08 Å². The largest absolute Gasteiger partial charge is 0.508 e. The Kier molecular flexibility index (Phi) is 3.06. The van der Waals surface area contributed by atoms with E-state index in [4.69, 9.17) is 10.2 Å². The molecule has 0 atom stereocenters. The summed E-state index contributed by atoms with van der Waals surface area (Å²) in [5.41, 5.74) is 1.58. The monoisotopic (exact) mass is 180 g/mol. The number of rotatable bonds is 2. The van der Waals surface area contributed by atoms with Crippen LogP contribution < -0.4 is 0 Å². The third-order valence-electron chi connectivity index (χ3n) is 1.68. The first-order chi connectivity index (χ1) is 6.09. The Morgan fingerprint density at radius 1 is 1.31 bits per heavy atom. The first-order valence-corrected chi connectivity index (χ1v) is 3.93. The third-order valence-corrected chi connectivity index (χ3v) is 1.68. The van der Waals surface area contributed by atoms with Crippen LogP contribution in [0.15, 0.2) is 24.3 Å².